The fourth-order valence-corrected chi connectivity index (χ4v) is 2.43. The molecule has 0 aliphatic rings. The van der Waals surface area contributed by atoms with Gasteiger partial charge in [-0.2, -0.15) is 13.2 Å². The summed E-state index contributed by atoms with van der Waals surface area (Å²) in [6.45, 7) is 3.77. The van der Waals surface area contributed by atoms with Crippen LogP contribution < -0.4 is 4.74 Å². The molecule has 0 unspecified atom stereocenters. The molecule has 0 atom stereocenters. The van der Waals surface area contributed by atoms with Gasteiger partial charge in [-0.1, -0.05) is 36.4 Å². The van der Waals surface area contributed by atoms with Crippen molar-refractivity contribution in [3.05, 3.63) is 83.4 Å². The van der Waals surface area contributed by atoms with Gasteiger partial charge in [0.1, 0.15) is 5.75 Å². The van der Waals surface area contributed by atoms with Gasteiger partial charge in [0.2, 0.25) is 0 Å². The Kier molecular flexibility index (Phi) is 6.45. The molecule has 0 spiro atoms. The largest absolute Gasteiger partial charge is 0.491 e. The zero-order valence-electron chi connectivity index (χ0n) is 14.8. The Morgan fingerprint density at radius 3 is 2.30 bits per heavy atom. The number of carbonyl (C=O) groups is 1. The number of ether oxygens (including phenoxy) is 1. The first kappa shape index (κ1) is 20.3. The van der Waals surface area contributed by atoms with E-state index < -0.39 is 17.7 Å². The Balaban J connectivity index is 2.48. The van der Waals surface area contributed by atoms with Crippen molar-refractivity contribution in [3.8, 4) is 5.75 Å². The van der Waals surface area contributed by atoms with Crippen molar-refractivity contribution >= 4 is 11.5 Å². The van der Waals surface area contributed by atoms with Gasteiger partial charge < -0.3 is 9.84 Å². The van der Waals surface area contributed by atoms with E-state index in [-0.39, 0.29) is 6.10 Å². The number of benzene rings is 2. The summed E-state index contributed by atoms with van der Waals surface area (Å²) in [4.78, 5) is 10.7. The maximum absolute atomic E-state index is 12.8. The van der Waals surface area contributed by atoms with Crippen LogP contribution in [0.4, 0.5) is 13.2 Å². The highest BCUT2D eigenvalue weighted by molar-refractivity contribution is 5.84. The average molecular weight is 376 g/mol. The van der Waals surface area contributed by atoms with Gasteiger partial charge >= 0.3 is 12.1 Å². The average Bonchev–Trinajstić information content (AvgIpc) is 2.57. The molecule has 0 saturated heterocycles. The number of aliphatic carboxylic acids is 1. The minimum absolute atomic E-state index is 0.0364. The summed E-state index contributed by atoms with van der Waals surface area (Å²) in [6.07, 6.45) is -0.614. The summed E-state index contributed by atoms with van der Waals surface area (Å²) in [5, 5.41) is 8.78. The van der Waals surface area contributed by atoms with Gasteiger partial charge in [0.15, 0.2) is 0 Å². The highest BCUT2D eigenvalue weighted by Crippen LogP contribution is 2.32. The number of alkyl halides is 3. The molecule has 142 valence electrons. The third-order valence-electron chi connectivity index (χ3n) is 3.54. The monoisotopic (exact) mass is 376 g/mol. The lowest BCUT2D eigenvalue weighted by Crippen LogP contribution is -2.06. The Labute approximate surface area is 155 Å². The first-order valence-electron chi connectivity index (χ1n) is 8.23. The van der Waals surface area contributed by atoms with E-state index in [4.69, 9.17) is 9.84 Å². The molecule has 0 bridgehead atoms. The molecule has 2 rings (SSSR count). The van der Waals surface area contributed by atoms with Crippen molar-refractivity contribution in [1.82, 2.24) is 0 Å². The van der Waals surface area contributed by atoms with Crippen molar-refractivity contribution in [1.29, 1.82) is 0 Å². The highest BCUT2D eigenvalue weighted by Gasteiger charge is 2.30. The topological polar surface area (TPSA) is 46.5 Å². The van der Waals surface area contributed by atoms with Crippen LogP contribution in [0.3, 0.4) is 0 Å². The molecule has 27 heavy (non-hydrogen) atoms. The number of carboxylic acids is 1. The zero-order valence-corrected chi connectivity index (χ0v) is 14.8. The van der Waals surface area contributed by atoms with E-state index in [1.54, 1.807) is 30.3 Å². The predicted octanol–water partition coefficient (Wildman–Crippen LogP) is 5.57. The maximum Gasteiger partial charge on any atom is 0.416 e. The molecule has 0 aromatic heterocycles. The van der Waals surface area contributed by atoms with Crippen molar-refractivity contribution in [2.75, 3.05) is 0 Å². The van der Waals surface area contributed by atoms with E-state index in [1.165, 1.54) is 18.2 Å². The van der Waals surface area contributed by atoms with Crippen molar-refractivity contribution in [2.45, 2.75) is 26.1 Å². The Morgan fingerprint density at radius 2 is 1.74 bits per heavy atom. The third kappa shape index (κ3) is 6.02. The first-order chi connectivity index (χ1) is 12.7. The van der Waals surface area contributed by atoms with Crippen molar-refractivity contribution in [2.24, 2.45) is 0 Å². The van der Waals surface area contributed by atoms with Gasteiger partial charge in [-0.15, -0.1) is 0 Å². The van der Waals surface area contributed by atoms with Crippen LogP contribution >= 0.6 is 0 Å². The molecular weight excluding hydrogens is 357 g/mol. The molecule has 0 aliphatic carbocycles. The lowest BCUT2D eigenvalue weighted by Gasteiger charge is -2.14. The molecule has 0 amide bonds. The van der Waals surface area contributed by atoms with Crippen LogP contribution in [0, 0.1) is 0 Å². The molecule has 6 heteroatoms. The van der Waals surface area contributed by atoms with Gasteiger partial charge in [-0.05, 0) is 54.8 Å². The molecule has 1 N–H and O–H groups in total. The van der Waals surface area contributed by atoms with Crippen LogP contribution in [0.25, 0.3) is 5.57 Å². The summed E-state index contributed by atoms with van der Waals surface area (Å²) in [7, 11) is 0. The van der Waals surface area contributed by atoms with Crippen LogP contribution in [0.1, 0.15) is 30.5 Å². The van der Waals surface area contributed by atoms with Gasteiger partial charge in [0.25, 0.3) is 0 Å². The molecule has 0 saturated carbocycles. The molecule has 0 fully saturated rings. The lowest BCUT2D eigenvalue weighted by atomic mass is 9.96. The summed E-state index contributed by atoms with van der Waals surface area (Å²) in [5.41, 5.74) is 1.06. The maximum atomic E-state index is 12.8. The van der Waals surface area contributed by atoms with Crippen molar-refractivity contribution in [3.63, 3.8) is 0 Å². The standard InChI is InChI=1S/C21H19F3O3/c1-14(2)27-18-6-3-5-16(13-18)19(7-4-8-20(25)26)15-9-11-17(12-10-15)21(22,23)24/h3-14H,1-2H3,(H,25,26)/b8-4+,19-7+. The molecule has 0 radical (unpaired) electrons. The van der Waals surface area contributed by atoms with E-state index in [0.717, 1.165) is 18.2 Å². The molecule has 2 aromatic carbocycles. The molecule has 0 heterocycles. The van der Waals surface area contributed by atoms with E-state index in [2.05, 4.69) is 0 Å². The number of allylic oxidation sites excluding steroid dienone is 2. The third-order valence-corrected chi connectivity index (χ3v) is 3.54. The van der Waals surface area contributed by atoms with E-state index in [0.29, 0.717) is 22.4 Å². The van der Waals surface area contributed by atoms with E-state index >= 15 is 0 Å². The summed E-state index contributed by atoms with van der Waals surface area (Å²) in [6, 6.07) is 11.8. The Morgan fingerprint density at radius 1 is 1.07 bits per heavy atom. The first-order valence-corrected chi connectivity index (χ1v) is 8.23. The highest BCUT2D eigenvalue weighted by atomic mass is 19.4. The van der Waals surface area contributed by atoms with Gasteiger partial charge in [-0.25, -0.2) is 4.79 Å². The van der Waals surface area contributed by atoms with Crippen LogP contribution in [0.15, 0.2) is 66.8 Å². The second-order valence-corrected chi connectivity index (χ2v) is 6.05. The lowest BCUT2D eigenvalue weighted by molar-refractivity contribution is -0.137. The van der Waals surface area contributed by atoms with Gasteiger partial charge in [-0.3, -0.25) is 0 Å². The number of carboxylic acid groups (broad SMARTS) is 1. The smallest absolute Gasteiger partial charge is 0.416 e. The molecular formula is C21H19F3O3. The second kappa shape index (κ2) is 8.58. The number of rotatable bonds is 6. The van der Waals surface area contributed by atoms with E-state index in [9.17, 15) is 18.0 Å². The Hall–Kier alpha value is -3.02. The van der Waals surface area contributed by atoms with Crippen LogP contribution in [-0.2, 0) is 11.0 Å². The summed E-state index contributed by atoms with van der Waals surface area (Å²) < 4.78 is 44.1. The fourth-order valence-electron chi connectivity index (χ4n) is 2.43. The minimum atomic E-state index is -4.42. The SMILES string of the molecule is CC(C)Oc1cccc(/C(=C/C=C/C(=O)O)c2ccc(C(F)(F)F)cc2)c1. The fraction of sp³-hybridized carbons (Fsp3) is 0.190. The zero-order chi connectivity index (χ0) is 20.0. The number of hydrogen-bond acceptors (Lipinski definition) is 2. The van der Waals surface area contributed by atoms with Crippen LogP contribution in [-0.4, -0.2) is 17.2 Å². The number of halogens is 3. The van der Waals surface area contributed by atoms with Gasteiger partial charge in [0.05, 0.1) is 11.7 Å². The Bertz CT molecular complexity index is 848. The van der Waals surface area contributed by atoms with E-state index in [1.807, 2.05) is 13.8 Å². The summed E-state index contributed by atoms with van der Waals surface area (Å²) >= 11 is 0. The minimum Gasteiger partial charge on any atom is -0.491 e. The van der Waals surface area contributed by atoms with Crippen molar-refractivity contribution < 1.29 is 27.8 Å². The quantitative estimate of drug-likeness (QED) is 0.530. The molecule has 0 aliphatic heterocycles. The molecule has 3 nitrogen and oxygen atoms in total. The molecule has 2 aromatic rings. The predicted molar refractivity (Wildman–Crippen MR) is 97.5 cm³/mol. The van der Waals surface area contributed by atoms with Crippen LogP contribution in [0.2, 0.25) is 0 Å². The number of hydrogen-bond donors (Lipinski definition) is 1. The van der Waals surface area contributed by atoms with Gasteiger partial charge in [0, 0.05) is 6.08 Å². The summed E-state index contributed by atoms with van der Waals surface area (Å²) in [5.74, 6) is -0.502. The second-order valence-electron chi connectivity index (χ2n) is 6.05. The normalized spacial score (nSPS) is 12.6. The van der Waals surface area contributed by atoms with Crippen LogP contribution in [0.5, 0.6) is 5.75 Å².